The summed E-state index contributed by atoms with van der Waals surface area (Å²) in [6.45, 7) is 5.60. The zero-order chi connectivity index (χ0) is 23.5. The lowest BCUT2D eigenvalue weighted by Gasteiger charge is -2.32. The molecule has 3 aromatic carbocycles. The number of alkyl halides is 3. The van der Waals surface area contributed by atoms with E-state index in [0.29, 0.717) is 23.4 Å². The maximum Gasteiger partial charge on any atom is 0.416 e. The highest BCUT2D eigenvalue weighted by Gasteiger charge is 2.31. The quantitative estimate of drug-likeness (QED) is 0.428. The molecular weight excluding hydrogens is 415 g/mol. The molecule has 0 radical (unpaired) electrons. The van der Waals surface area contributed by atoms with Crippen LogP contribution in [0.2, 0.25) is 0 Å². The van der Waals surface area contributed by atoms with Gasteiger partial charge in [-0.25, -0.2) is 4.79 Å². The van der Waals surface area contributed by atoms with Crippen LogP contribution in [0, 0.1) is 6.92 Å². The van der Waals surface area contributed by atoms with Crippen LogP contribution in [0.25, 0.3) is 5.70 Å². The van der Waals surface area contributed by atoms with Crippen LogP contribution in [0.3, 0.4) is 0 Å². The molecule has 3 aromatic rings. The lowest BCUT2D eigenvalue weighted by atomic mass is 10.00. The molecule has 0 saturated heterocycles. The number of benzene rings is 3. The Labute approximate surface area is 185 Å². The van der Waals surface area contributed by atoms with Crippen molar-refractivity contribution in [1.82, 2.24) is 0 Å². The van der Waals surface area contributed by atoms with Crippen molar-refractivity contribution in [2.24, 2.45) is 0 Å². The highest BCUT2D eigenvalue weighted by atomic mass is 19.4. The number of carboxylic acid groups (broad SMARTS) is 1. The van der Waals surface area contributed by atoms with E-state index >= 15 is 0 Å². The average molecular weight is 439 g/mol. The van der Waals surface area contributed by atoms with Gasteiger partial charge in [0.25, 0.3) is 0 Å². The monoisotopic (exact) mass is 439 g/mol. The highest BCUT2D eigenvalue weighted by Crippen LogP contribution is 2.41. The number of hydrogen-bond donors (Lipinski definition) is 1. The zero-order valence-corrected chi connectivity index (χ0v) is 18.1. The normalized spacial score (nSPS) is 12.3. The van der Waals surface area contributed by atoms with Crippen LogP contribution in [0.5, 0.6) is 0 Å². The summed E-state index contributed by atoms with van der Waals surface area (Å²) in [5.41, 5.74) is 3.60. The predicted molar refractivity (Wildman–Crippen MR) is 121 cm³/mol. The average Bonchev–Trinajstić information content (AvgIpc) is 2.77. The minimum Gasteiger partial charge on any atom is -0.478 e. The predicted octanol–water partition coefficient (Wildman–Crippen LogP) is 7.69. The molecule has 0 saturated carbocycles. The van der Waals surface area contributed by atoms with E-state index in [1.54, 1.807) is 19.1 Å². The number of carboxylic acids is 1. The molecule has 0 bridgehead atoms. The third-order valence-electron chi connectivity index (χ3n) is 5.32. The molecule has 166 valence electrons. The number of aromatic carboxylic acids is 1. The van der Waals surface area contributed by atoms with Crippen molar-refractivity contribution in [1.29, 1.82) is 0 Å². The first kappa shape index (κ1) is 23.1. The van der Waals surface area contributed by atoms with Crippen molar-refractivity contribution < 1.29 is 23.1 Å². The number of nitrogens with zero attached hydrogens (tertiary/aromatic N) is 1. The summed E-state index contributed by atoms with van der Waals surface area (Å²) in [4.78, 5) is 13.5. The fraction of sp³-hybridized carbons (Fsp3) is 0.192. The van der Waals surface area contributed by atoms with E-state index in [4.69, 9.17) is 0 Å². The Bertz CT molecular complexity index is 1150. The fourth-order valence-electron chi connectivity index (χ4n) is 3.58. The van der Waals surface area contributed by atoms with Gasteiger partial charge in [-0.3, -0.25) is 0 Å². The van der Waals surface area contributed by atoms with E-state index in [9.17, 15) is 23.1 Å². The van der Waals surface area contributed by atoms with E-state index in [0.717, 1.165) is 29.0 Å². The van der Waals surface area contributed by atoms with Gasteiger partial charge in [0.05, 0.1) is 16.8 Å². The van der Waals surface area contributed by atoms with Gasteiger partial charge in [-0.05, 0) is 73.4 Å². The Kier molecular flexibility index (Phi) is 6.72. The number of carbonyl (C=O) groups is 1. The van der Waals surface area contributed by atoms with Crippen molar-refractivity contribution in [2.75, 3.05) is 4.90 Å². The van der Waals surface area contributed by atoms with Crippen LogP contribution < -0.4 is 4.90 Å². The third kappa shape index (κ3) is 4.85. The molecule has 0 aliphatic heterocycles. The van der Waals surface area contributed by atoms with Crippen molar-refractivity contribution >= 4 is 23.0 Å². The summed E-state index contributed by atoms with van der Waals surface area (Å²) in [7, 11) is 0. The molecule has 3 rings (SSSR count). The first-order valence-corrected chi connectivity index (χ1v) is 10.2. The summed E-state index contributed by atoms with van der Waals surface area (Å²) in [5.74, 6) is -1.08. The van der Waals surface area contributed by atoms with E-state index in [2.05, 4.69) is 0 Å². The molecule has 0 aromatic heterocycles. The molecule has 32 heavy (non-hydrogen) atoms. The van der Waals surface area contributed by atoms with Gasteiger partial charge in [-0.15, -0.1) is 0 Å². The molecule has 0 aliphatic rings. The molecule has 0 amide bonds. The minimum atomic E-state index is -4.45. The Morgan fingerprint density at radius 1 is 0.938 bits per heavy atom. The Hall–Kier alpha value is -3.54. The number of aryl methyl sites for hydroxylation is 1. The molecule has 0 atom stereocenters. The van der Waals surface area contributed by atoms with E-state index in [1.165, 1.54) is 18.2 Å². The van der Waals surface area contributed by atoms with Gasteiger partial charge < -0.3 is 10.0 Å². The molecule has 0 unspecified atom stereocenters. The highest BCUT2D eigenvalue weighted by molar-refractivity contribution is 5.94. The second kappa shape index (κ2) is 9.30. The van der Waals surface area contributed by atoms with E-state index in [1.807, 2.05) is 49.1 Å². The Morgan fingerprint density at radius 2 is 1.59 bits per heavy atom. The molecule has 3 nitrogen and oxygen atoms in total. The van der Waals surface area contributed by atoms with Crippen molar-refractivity contribution in [3.8, 4) is 0 Å². The van der Waals surface area contributed by atoms with E-state index in [-0.39, 0.29) is 5.56 Å². The van der Waals surface area contributed by atoms with E-state index < -0.39 is 17.7 Å². The topological polar surface area (TPSA) is 40.5 Å². The number of rotatable bonds is 6. The molecule has 1 N–H and O–H groups in total. The second-order valence-electron chi connectivity index (χ2n) is 7.54. The standard InChI is InChI=1S/C26H24F3NO2/c1-4-17(2)24(19-9-6-5-7-10-19)30(22-12-8-11-20(16-22)25(31)32)23-14-13-21(15-18(23)3)26(27,28)29/h5-16H,4H2,1-3H3,(H,31,32)/b24-17+. The Balaban J connectivity index is 2.32. The fourth-order valence-corrected chi connectivity index (χ4v) is 3.58. The SMILES string of the molecule is CC/C(C)=C(\c1ccccc1)N(c1cccc(C(=O)O)c1)c1ccc(C(F)(F)F)cc1C. The second-order valence-corrected chi connectivity index (χ2v) is 7.54. The molecule has 0 aliphatic carbocycles. The minimum absolute atomic E-state index is 0.0960. The van der Waals surface area contributed by atoms with Gasteiger partial charge in [0.15, 0.2) is 0 Å². The number of anilines is 2. The van der Waals surface area contributed by atoms with Crippen LogP contribution >= 0.6 is 0 Å². The van der Waals surface area contributed by atoms with Crippen molar-refractivity contribution in [2.45, 2.75) is 33.4 Å². The number of allylic oxidation sites excluding steroid dienone is 1. The summed E-state index contributed by atoms with van der Waals surface area (Å²) in [6.07, 6.45) is -3.74. The maximum absolute atomic E-state index is 13.3. The number of hydrogen-bond acceptors (Lipinski definition) is 2. The van der Waals surface area contributed by atoms with Gasteiger partial charge in [-0.1, -0.05) is 43.3 Å². The molecule has 0 spiro atoms. The van der Waals surface area contributed by atoms with Crippen molar-refractivity contribution in [3.63, 3.8) is 0 Å². The zero-order valence-electron chi connectivity index (χ0n) is 18.1. The van der Waals surface area contributed by atoms with Gasteiger partial charge in [0, 0.05) is 11.4 Å². The lowest BCUT2D eigenvalue weighted by molar-refractivity contribution is -0.137. The van der Waals surface area contributed by atoms with Gasteiger partial charge in [0.1, 0.15) is 0 Å². The van der Waals surface area contributed by atoms with Crippen molar-refractivity contribution in [3.05, 3.63) is 101 Å². The first-order valence-electron chi connectivity index (χ1n) is 10.2. The Morgan fingerprint density at radius 3 is 2.16 bits per heavy atom. The number of halogens is 3. The summed E-state index contributed by atoms with van der Waals surface area (Å²) < 4.78 is 39.9. The van der Waals surface area contributed by atoms with Crippen LogP contribution in [0.1, 0.15) is 47.3 Å². The third-order valence-corrected chi connectivity index (χ3v) is 5.32. The molecule has 6 heteroatoms. The van der Waals surface area contributed by atoms with Gasteiger partial charge in [-0.2, -0.15) is 13.2 Å². The van der Waals surface area contributed by atoms with Gasteiger partial charge >= 0.3 is 12.1 Å². The summed E-state index contributed by atoms with van der Waals surface area (Å²) >= 11 is 0. The largest absolute Gasteiger partial charge is 0.478 e. The maximum atomic E-state index is 13.3. The smallest absolute Gasteiger partial charge is 0.416 e. The molecular formula is C26H24F3NO2. The lowest BCUT2D eigenvalue weighted by Crippen LogP contribution is -2.19. The van der Waals surface area contributed by atoms with Crippen LogP contribution in [-0.4, -0.2) is 11.1 Å². The van der Waals surface area contributed by atoms with Crippen LogP contribution in [0.4, 0.5) is 24.5 Å². The van der Waals surface area contributed by atoms with Crippen LogP contribution in [0.15, 0.2) is 78.4 Å². The first-order chi connectivity index (χ1) is 15.1. The molecule has 0 heterocycles. The summed E-state index contributed by atoms with van der Waals surface area (Å²) in [6, 6.07) is 19.6. The molecule has 0 fully saturated rings. The van der Waals surface area contributed by atoms with Crippen LogP contribution in [-0.2, 0) is 6.18 Å². The van der Waals surface area contributed by atoms with Gasteiger partial charge in [0.2, 0.25) is 0 Å². The summed E-state index contributed by atoms with van der Waals surface area (Å²) in [5, 5.41) is 9.50.